The van der Waals surface area contributed by atoms with Crippen LogP contribution in [0.5, 0.6) is 0 Å². The van der Waals surface area contributed by atoms with Crippen molar-refractivity contribution in [2.24, 2.45) is 0 Å². The van der Waals surface area contributed by atoms with Crippen molar-refractivity contribution in [1.82, 2.24) is 15.2 Å². The lowest BCUT2D eigenvalue weighted by Gasteiger charge is -2.23. The van der Waals surface area contributed by atoms with Crippen LogP contribution < -0.4 is 5.32 Å². The first-order valence-electron chi connectivity index (χ1n) is 8.01. The van der Waals surface area contributed by atoms with Gasteiger partial charge in [-0.15, -0.1) is 0 Å². The summed E-state index contributed by atoms with van der Waals surface area (Å²) in [6.45, 7) is 9.60. The van der Waals surface area contributed by atoms with Gasteiger partial charge in [0.05, 0.1) is 17.6 Å². The van der Waals surface area contributed by atoms with Gasteiger partial charge < -0.3 is 10.2 Å². The summed E-state index contributed by atoms with van der Waals surface area (Å²) >= 11 is 0. The summed E-state index contributed by atoms with van der Waals surface area (Å²) in [5, 5.41) is 3.68. The Morgan fingerprint density at radius 1 is 1.17 bits per heavy atom. The van der Waals surface area contributed by atoms with Crippen LogP contribution in [0.3, 0.4) is 0 Å². The minimum atomic E-state index is -0.321. The van der Waals surface area contributed by atoms with Crippen LogP contribution in [0.2, 0.25) is 0 Å². The Labute approximate surface area is 143 Å². The summed E-state index contributed by atoms with van der Waals surface area (Å²) in [4.78, 5) is 30.8. The summed E-state index contributed by atoms with van der Waals surface area (Å²) in [5.41, 5.74) is 2.89. The molecule has 0 atom stereocenters. The molecule has 0 spiro atoms. The number of fused-ring (bicyclic) bond motifs is 1. The molecule has 0 fully saturated rings. The second kappa shape index (κ2) is 6.59. The Balaban J connectivity index is 2.30. The number of benzene rings is 1. The maximum atomic E-state index is 12.8. The number of carbonyl (C=O) groups is 2. The molecule has 1 heterocycles. The van der Waals surface area contributed by atoms with Crippen LogP contribution in [-0.4, -0.2) is 40.8 Å². The number of aromatic nitrogens is 1. The molecule has 0 saturated carbocycles. The van der Waals surface area contributed by atoms with Crippen molar-refractivity contribution in [3.63, 3.8) is 0 Å². The number of rotatable bonds is 3. The second-order valence-corrected chi connectivity index (χ2v) is 7.29. The number of carbonyl (C=O) groups excluding carboxylic acids is 2. The number of nitrogens with zero attached hydrogens (tertiary/aromatic N) is 2. The van der Waals surface area contributed by atoms with E-state index in [0.29, 0.717) is 5.56 Å². The van der Waals surface area contributed by atoms with Gasteiger partial charge in [0.2, 0.25) is 5.91 Å². The Kier molecular flexibility index (Phi) is 4.92. The first-order valence-corrected chi connectivity index (χ1v) is 8.01. The van der Waals surface area contributed by atoms with Crippen molar-refractivity contribution < 1.29 is 9.59 Å². The third-order valence-electron chi connectivity index (χ3n) is 3.56. The molecule has 0 saturated heterocycles. The van der Waals surface area contributed by atoms with Gasteiger partial charge in [-0.25, -0.2) is 0 Å². The Morgan fingerprint density at radius 3 is 2.46 bits per heavy atom. The predicted molar refractivity (Wildman–Crippen MR) is 96.1 cm³/mol. The fourth-order valence-corrected chi connectivity index (χ4v) is 2.60. The van der Waals surface area contributed by atoms with Gasteiger partial charge in [0.1, 0.15) is 0 Å². The van der Waals surface area contributed by atoms with Crippen LogP contribution >= 0.6 is 0 Å². The van der Waals surface area contributed by atoms with E-state index in [2.05, 4.69) is 10.3 Å². The van der Waals surface area contributed by atoms with Crippen LogP contribution in [0.4, 0.5) is 0 Å². The van der Waals surface area contributed by atoms with Gasteiger partial charge in [0, 0.05) is 23.7 Å². The van der Waals surface area contributed by atoms with Crippen LogP contribution in [0.15, 0.2) is 24.3 Å². The Morgan fingerprint density at radius 2 is 1.83 bits per heavy atom. The van der Waals surface area contributed by atoms with Gasteiger partial charge in [-0.3, -0.25) is 14.6 Å². The van der Waals surface area contributed by atoms with E-state index in [1.807, 2.05) is 52.8 Å². The first kappa shape index (κ1) is 17.9. The van der Waals surface area contributed by atoms with Crippen molar-refractivity contribution in [2.75, 3.05) is 13.6 Å². The van der Waals surface area contributed by atoms with Crippen LogP contribution in [0.1, 0.15) is 42.4 Å². The van der Waals surface area contributed by atoms with Gasteiger partial charge >= 0.3 is 0 Å². The fraction of sp³-hybridized carbons (Fsp3) is 0.421. The third kappa shape index (κ3) is 4.31. The molecule has 0 radical (unpaired) electrons. The van der Waals surface area contributed by atoms with Gasteiger partial charge in [0.15, 0.2) is 0 Å². The molecule has 5 heteroatoms. The van der Waals surface area contributed by atoms with Gasteiger partial charge in [-0.2, -0.15) is 0 Å². The zero-order valence-corrected chi connectivity index (χ0v) is 15.2. The summed E-state index contributed by atoms with van der Waals surface area (Å²) in [5.74, 6) is -0.357. The molecule has 1 aromatic heterocycles. The molecule has 2 rings (SSSR count). The molecular weight excluding hydrogens is 302 g/mol. The molecule has 24 heavy (non-hydrogen) atoms. The highest BCUT2D eigenvalue weighted by Crippen LogP contribution is 2.21. The number of amides is 2. The van der Waals surface area contributed by atoms with Gasteiger partial charge in [0.25, 0.3) is 5.91 Å². The van der Waals surface area contributed by atoms with Crippen LogP contribution in [-0.2, 0) is 4.79 Å². The van der Waals surface area contributed by atoms with E-state index in [4.69, 9.17) is 0 Å². The van der Waals surface area contributed by atoms with Crippen LogP contribution in [0, 0.1) is 13.8 Å². The minimum absolute atomic E-state index is 0.0186. The SMILES string of the molecule is Cc1ccc2nc(C)cc(C(=O)N(C)CC(=O)NC(C)(C)C)c2c1. The zero-order chi connectivity index (χ0) is 18.1. The average molecular weight is 327 g/mol. The predicted octanol–water partition coefficient (Wildman–Crippen LogP) is 2.84. The lowest BCUT2D eigenvalue weighted by atomic mass is 10.0. The number of nitrogens with one attached hydrogen (secondary N) is 1. The van der Waals surface area contributed by atoms with Crippen molar-refractivity contribution in [3.8, 4) is 0 Å². The number of pyridine rings is 1. The van der Waals surface area contributed by atoms with Crippen molar-refractivity contribution in [1.29, 1.82) is 0 Å². The Bertz CT molecular complexity index is 791. The fourth-order valence-electron chi connectivity index (χ4n) is 2.60. The molecule has 2 aromatic rings. The quantitative estimate of drug-likeness (QED) is 0.943. The largest absolute Gasteiger partial charge is 0.350 e. The zero-order valence-electron chi connectivity index (χ0n) is 15.2. The van der Waals surface area contributed by atoms with Crippen molar-refractivity contribution >= 4 is 22.7 Å². The van der Waals surface area contributed by atoms with E-state index in [1.54, 1.807) is 13.1 Å². The van der Waals surface area contributed by atoms with E-state index in [9.17, 15) is 9.59 Å². The van der Waals surface area contributed by atoms with E-state index >= 15 is 0 Å². The third-order valence-corrected chi connectivity index (χ3v) is 3.56. The minimum Gasteiger partial charge on any atom is -0.350 e. The van der Waals surface area contributed by atoms with Gasteiger partial charge in [-0.1, -0.05) is 11.6 Å². The summed E-state index contributed by atoms with van der Waals surface area (Å²) in [6.07, 6.45) is 0. The molecule has 0 bridgehead atoms. The van der Waals surface area contributed by atoms with Crippen molar-refractivity contribution in [2.45, 2.75) is 40.2 Å². The molecule has 1 N–H and O–H groups in total. The number of likely N-dealkylation sites (N-methyl/N-ethyl adjacent to an activating group) is 1. The van der Waals surface area contributed by atoms with E-state index in [-0.39, 0.29) is 23.9 Å². The van der Waals surface area contributed by atoms with Crippen LogP contribution in [0.25, 0.3) is 10.9 Å². The molecular formula is C19H25N3O2. The van der Waals surface area contributed by atoms with Crippen molar-refractivity contribution in [3.05, 3.63) is 41.1 Å². The number of hydrogen-bond acceptors (Lipinski definition) is 3. The maximum Gasteiger partial charge on any atom is 0.254 e. The topological polar surface area (TPSA) is 62.3 Å². The number of aryl methyl sites for hydroxylation is 2. The molecule has 0 aliphatic heterocycles. The summed E-state index contributed by atoms with van der Waals surface area (Å²) in [7, 11) is 1.64. The van der Waals surface area contributed by atoms with E-state index in [1.165, 1.54) is 4.90 Å². The average Bonchev–Trinajstić information content (AvgIpc) is 2.44. The molecule has 2 amide bonds. The lowest BCUT2D eigenvalue weighted by Crippen LogP contribution is -2.46. The first-order chi connectivity index (χ1) is 11.1. The Hall–Kier alpha value is -2.43. The molecule has 0 aliphatic carbocycles. The molecule has 1 aromatic carbocycles. The summed E-state index contributed by atoms with van der Waals surface area (Å²) < 4.78 is 0. The lowest BCUT2D eigenvalue weighted by molar-refractivity contribution is -0.122. The maximum absolute atomic E-state index is 12.8. The smallest absolute Gasteiger partial charge is 0.254 e. The summed E-state index contributed by atoms with van der Waals surface area (Å²) in [6, 6.07) is 7.63. The highest BCUT2D eigenvalue weighted by atomic mass is 16.2. The van der Waals surface area contributed by atoms with E-state index in [0.717, 1.165) is 22.2 Å². The molecule has 5 nitrogen and oxygen atoms in total. The van der Waals surface area contributed by atoms with Gasteiger partial charge in [-0.05, 0) is 52.8 Å². The standard InChI is InChI=1S/C19H25N3O2/c1-12-7-8-16-14(9-12)15(10-13(2)20-16)18(24)22(6)11-17(23)21-19(3,4)5/h7-10H,11H2,1-6H3,(H,21,23). The monoisotopic (exact) mass is 327 g/mol. The highest BCUT2D eigenvalue weighted by Gasteiger charge is 2.20. The second-order valence-electron chi connectivity index (χ2n) is 7.29. The highest BCUT2D eigenvalue weighted by molar-refractivity contribution is 6.07. The molecule has 0 unspecified atom stereocenters. The van der Waals surface area contributed by atoms with E-state index < -0.39 is 0 Å². The number of hydrogen-bond donors (Lipinski definition) is 1. The molecule has 0 aliphatic rings. The molecule has 128 valence electrons. The normalized spacial score (nSPS) is 11.4.